The largest absolute Gasteiger partial charge is 0.673 e. The van der Waals surface area contributed by atoms with Gasteiger partial charge in [-0.1, -0.05) is 186 Å². The minimum Gasteiger partial charge on any atom is -0.418 e. The third-order valence-corrected chi connectivity index (χ3v) is 18.5. The third kappa shape index (κ3) is 19.4. The zero-order valence-corrected chi connectivity index (χ0v) is 41.2. The molecule has 2 heterocycles. The van der Waals surface area contributed by atoms with Crippen LogP contribution in [0.1, 0.15) is 73.6 Å². The molecule has 5 aromatic carbocycles. The average molecular weight is 1030 g/mol. The molecule has 355 valence electrons. The van der Waals surface area contributed by atoms with E-state index in [0.29, 0.717) is 49.1 Å². The van der Waals surface area contributed by atoms with E-state index in [-0.39, 0.29) is 19.5 Å². The van der Waals surface area contributed by atoms with E-state index in [1.165, 1.54) is 73.6 Å². The molecule has 1 aliphatic carbocycles. The summed E-state index contributed by atoms with van der Waals surface area (Å²) in [7, 11) is -7.03. The fourth-order valence-electron chi connectivity index (χ4n) is 8.67. The van der Waals surface area contributed by atoms with Crippen LogP contribution in [0.25, 0.3) is 0 Å². The molecule has 8 rings (SSSR count). The Labute approximate surface area is 406 Å². The van der Waals surface area contributed by atoms with Gasteiger partial charge in [-0.2, -0.15) is 0 Å². The Bertz CT molecular complexity index is 1830. The van der Waals surface area contributed by atoms with E-state index in [2.05, 4.69) is 170 Å². The van der Waals surface area contributed by atoms with Crippen LogP contribution in [0, 0.1) is 0 Å². The maximum absolute atomic E-state index is 9.75. The Morgan fingerprint density at radius 2 is 0.576 bits per heavy atom. The van der Waals surface area contributed by atoms with Gasteiger partial charge in [0.1, 0.15) is 0 Å². The molecule has 2 saturated heterocycles. The minimum atomic E-state index is -6.00. The van der Waals surface area contributed by atoms with E-state index in [1.807, 2.05) is 0 Å². The molecule has 4 atom stereocenters. The number of ether oxygens (including phenoxy) is 4. The summed E-state index contributed by atoms with van der Waals surface area (Å²) in [6, 6.07) is 51.8. The molecule has 3 aliphatic rings. The Morgan fingerprint density at radius 1 is 0.364 bits per heavy atom. The van der Waals surface area contributed by atoms with Gasteiger partial charge in [-0.25, -0.2) is 0 Å². The zero-order chi connectivity index (χ0) is 45.4. The van der Waals surface area contributed by atoms with Gasteiger partial charge in [0.25, 0.3) is 0 Å². The summed E-state index contributed by atoms with van der Waals surface area (Å²) in [5, 5.41) is 3.15. The average Bonchev–Trinajstić information content (AvgIpc) is 3.90. The van der Waals surface area contributed by atoms with Crippen LogP contribution in [-0.2, 0) is 64.9 Å². The first-order valence-corrected chi connectivity index (χ1v) is 26.1. The van der Waals surface area contributed by atoms with Crippen molar-refractivity contribution >= 4 is 33.7 Å². The van der Waals surface area contributed by atoms with Crippen LogP contribution in [-0.4, -0.2) is 56.3 Å². The number of hydrogen-bond donors (Lipinski definition) is 0. The molecule has 0 amide bonds. The summed E-state index contributed by atoms with van der Waals surface area (Å²) in [5.41, 5.74) is 6.95. The Hall–Kier alpha value is -3.31. The van der Waals surface area contributed by atoms with Crippen LogP contribution in [0.3, 0.4) is 0 Å². The van der Waals surface area contributed by atoms with Gasteiger partial charge in [0.05, 0.1) is 52.9 Å². The van der Waals surface area contributed by atoms with E-state index in [4.69, 9.17) is 18.9 Å². The van der Waals surface area contributed by atoms with Crippen molar-refractivity contribution in [2.75, 3.05) is 26.4 Å². The van der Waals surface area contributed by atoms with Crippen LogP contribution in [0.2, 0.25) is 0 Å². The van der Waals surface area contributed by atoms with Crippen LogP contribution < -0.4 is 10.6 Å². The van der Waals surface area contributed by atoms with Crippen molar-refractivity contribution in [3.63, 3.8) is 0 Å². The molecular weight excluding hydrogens is 964 g/mol. The summed E-state index contributed by atoms with van der Waals surface area (Å²) < 4.78 is 65.1. The molecule has 5 aromatic rings. The summed E-state index contributed by atoms with van der Waals surface area (Å²) in [6.07, 6.45) is 18.7. The summed E-state index contributed by atoms with van der Waals surface area (Å²) in [6.45, 7) is 5.78. The molecule has 0 bridgehead atoms. The quantitative estimate of drug-likeness (QED) is 0.0379. The van der Waals surface area contributed by atoms with E-state index in [1.54, 1.807) is 10.6 Å². The van der Waals surface area contributed by atoms with Crippen LogP contribution in [0.15, 0.2) is 170 Å². The predicted molar refractivity (Wildman–Crippen MR) is 264 cm³/mol. The fraction of sp³-hybridized carbons (Fsp3) is 0.370. The molecule has 0 aromatic heterocycles. The van der Waals surface area contributed by atoms with Gasteiger partial charge >= 0.3 is 7.25 Å². The Morgan fingerprint density at radius 3 is 0.803 bits per heavy atom. The van der Waals surface area contributed by atoms with E-state index >= 15 is 0 Å². The van der Waals surface area contributed by atoms with Gasteiger partial charge < -0.3 is 36.2 Å². The maximum Gasteiger partial charge on any atom is 0.673 e. The second-order valence-electron chi connectivity index (χ2n) is 16.7. The first-order valence-electron chi connectivity index (χ1n) is 23.1. The van der Waals surface area contributed by atoms with Crippen molar-refractivity contribution in [1.82, 2.24) is 0 Å². The van der Waals surface area contributed by atoms with Crippen molar-refractivity contribution < 1.29 is 55.7 Å². The molecule has 66 heavy (non-hydrogen) atoms. The van der Waals surface area contributed by atoms with Crippen LogP contribution >= 0.6 is 15.8 Å². The molecule has 2 fully saturated rings. The summed E-state index contributed by atoms with van der Waals surface area (Å²) in [5.74, 6) is 0. The van der Waals surface area contributed by atoms with Crippen molar-refractivity contribution in [2.45, 2.75) is 100 Å². The molecule has 0 unspecified atom stereocenters. The maximum atomic E-state index is 9.75. The number of benzene rings is 5. The predicted octanol–water partition coefficient (Wildman–Crippen LogP) is 13.8. The van der Waals surface area contributed by atoms with Gasteiger partial charge in [0.15, 0.2) is 0 Å². The van der Waals surface area contributed by atoms with Crippen molar-refractivity contribution in [3.05, 3.63) is 192 Å². The van der Waals surface area contributed by atoms with Gasteiger partial charge in [-0.05, 0) is 84.2 Å². The normalized spacial score (nSPS) is 20.7. The third-order valence-electron chi connectivity index (χ3n) is 11.7. The minimum absolute atomic E-state index is 0. The second-order valence-corrected chi connectivity index (χ2v) is 22.2. The molecule has 0 N–H and O–H groups in total. The molecule has 4 nitrogen and oxygen atoms in total. The van der Waals surface area contributed by atoms with Gasteiger partial charge in [-0.3, -0.25) is 0 Å². The van der Waals surface area contributed by atoms with E-state index in [9.17, 15) is 17.3 Å². The first-order chi connectivity index (χ1) is 31.8. The Kier molecular flexibility index (Phi) is 24.6. The van der Waals surface area contributed by atoms with E-state index in [0.717, 1.165) is 26.4 Å². The van der Waals surface area contributed by atoms with Crippen molar-refractivity contribution in [2.24, 2.45) is 0 Å². The molecule has 2 aliphatic heterocycles. The fourth-order valence-corrected chi connectivity index (χ4v) is 16.1. The van der Waals surface area contributed by atoms with Gasteiger partial charge in [0.2, 0.25) is 0 Å². The van der Waals surface area contributed by atoms with Crippen molar-refractivity contribution in [1.29, 1.82) is 0 Å². The van der Waals surface area contributed by atoms with Crippen LogP contribution in [0.4, 0.5) is 17.3 Å². The van der Waals surface area contributed by atoms with Gasteiger partial charge in [0, 0.05) is 42.1 Å². The number of hydrogen-bond acceptors (Lipinski definition) is 4. The van der Waals surface area contributed by atoms with Crippen molar-refractivity contribution in [3.8, 4) is 0 Å². The first kappa shape index (κ1) is 53.6. The summed E-state index contributed by atoms with van der Waals surface area (Å²) >= 11 is 0. The van der Waals surface area contributed by atoms with E-state index < -0.39 is 23.1 Å². The van der Waals surface area contributed by atoms with Gasteiger partial charge in [-0.15, -0.1) is 0 Å². The molecule has 1 radical (unpaired) electrons. The molecular formula is C54H64BF4O4P2Rh-. The topological polar surface area (TPSA) is 36.9 Å². The van der Waals surface area contributed by atoms with Crippen LogP contribution in [0.5, 0.6) is 0 Å². The molecule has 0 saturated carbocycles. The smallest absolute Gasteiger partial charge is 0.418 e. The number of rotatable bonds is 18. The summed E-state index contributed by atoms with van der Waals surface area (Å²) in [4.78, 5) is 0. The number of halogens is 4. The Balaban J connectivity index is 0.000000507. The second kappa shape index (κ2) is 30.2. The zero-order valence-electron chi connectivity index (χ0n) is 37.7. The molecule has 0 spiro atoms. The SMILES string of the molecule is C1=C\CC/C=C\CC/1.F[B-](F)(F)F.[Rh].c1ccc(COC[C@H]2CC[C@H](COCc3ccccc3)P2c2ccccc2P2[C@@H](COCc3ccccc3)CC[C@@H]2COCc2ccccc2)cc1. The number of allylic oxidation sites excluding steroid dienone is 4. The monoisotopic (exact) mass is 1030 g/mol. The standard InChI is InChI=1S/C46H52O4P2.C8H12.BF4.Rh/c1-5-15-37(16-6-1)29-47-33-41-25-26-42(34-48-30-38-17-7-2-8-18-38)51(41)45-23-13-14-24-46(45)52-43(35-49-31-39-19-9-3-10-20-39)27-28-44(52)36-50-32-40-21-11-4-12-22-40;1-2-4-6-8-7-5-3-1;2-1(3,4)5;/h1-24,41-44H,25-36H2;1-2,7-8H,3-6H2;;/q;;-1;/b;2-1-,8-7-;;/t41-,42-,43-,44-;;;/m1.../s1. The molecule has 12 heteroatoms.